The van der Waals surface area contributed by atoms with Crippen molar-refractivity contribution in [1.29, 1.82) is 0 Å². The Morgan fingerprint density at radius 2 is 1.81 bits per heavy atom. The zero-order chi connectivity index (χ0) is 14.8. The molecule has 104 valence electrons. The van der Waals surface area contributed by atoms with E-state index in [1.165, 1.54) is 0 Å². The number of benzene rings is 2. The Hall–Kier alpha value is -2.75. The minimum atomic E-state index is -0.256. The minimum Gasteiger partial charge on any atom is -0.340 e. The zero-order valence-corrected chi connectivity index (χ0v) is 11.6. The Morgan fingerprint density at radius 3 is 2.52 bits per heavy atom. The monoisotopic (exact) mass is 278 g/mol. The maximum Gasteiger partial charge on any atom is 0.190 e. The van der Waals surface area contributed by atoms with Crippen molar-refractivity contribution in [2.75, 3.05) is 0 Å². The summed E-state index contributed by atoms with van der Waals surface area (Å²) in [7, 11) is 1.79. The number of aryl methyl sites for hydroxylation is 1. The highest BCUT2D eigenvalue weighted by Gasteiger charge is 2.15. The van der Waals surface area contributed by atoms with E-state index in [4.69, 9.17) is 0 Å². The molecule has 4 nitrogen and oxygen atoms in total. The second kappa shape index (κ2) is 5.32. The van der Waals surface area contributed by atoms with Crippen LogP contribution < -0.4 is 0 Å². The van der Waals surface area contributed by atoms with Gasteiger partial charge < -0.3 is 4.57 Å². The largest absolute Gasteiger partial charge is 0.340 e. The average molecular weight is 278 g/mol. The molecule has 4 heteroatoms. The van der Waals surface area contributed by atoms with E-state index in [1.807, 2.05) is 36.4 Å². The van der Waals surface area contributed by atoms with Crippen molar-refractivity contribution >= 4 is 22.3 Å². The molecular weight excluding hydrogens is 264 g/mol. The van der Waals surface area contributed by atoms with Crippen LogP contribution in [0, 0.1) is 0 Å². The van der Waals surface area contributed by atoms with Crippen LogP contribution in [-0.2, 0) is 7.05 Å². The molecule has 1 aromatic heterocycles. The first-order chi connectivity index (χ1) is 10.1. The highest BCUT2D eigenvalue weighted by Crippen LogP contribution is 2.17. The smallest absolute Gasteiger partial charge is 0.190 e. The van der Waals surface area contributed by atoms with Crippen molar-refractivity contribution in [3.63, 3.8) is 0 Å². The first-order valence-corrected chi connectivity index (χ1v) is 6.66. The van der Waals surface area contributed by atoms with Gasteiger partial charge in [-0.2, -0.15) is 0 Å². The summed E-state index contributed by atoms with van der Waals surface area (Å²) in [6, 6.07) is 13.3. The Labute approximate surface area is 122 Å². The normalized spacial score (nSPS) is 10.7. The molecule has 0 amide bonds. The number of imidazole rings is 1. The van der Waals surface area contributed by atoms with Crippen molar-refractivity contribution in [3.8, 4) is 0 Å². The number of hydrogen-bond donors (Lipinski definition) is 0. The molecule has 0 radical (unpaired) electrons. The van der Waals surface area contributed by atoms with Crippen molar-refractivity contribution in [2.45, 2.75) is 6.42 Å². The predicted molar refractivity (Wildman–Crippen MR) is 80.4 cm³/mol. The second-order valence-corrected chi connectivity index (χ2v) is 5.01. The van der Waals surface area contributed by atoms with Crippen molar-refractivity contribution in [3.05, 3.63) is 66.2 Å². The predicted octanol–water partition coefficient (Wildman–Crippen LogP) is 3.03. The number of carbonyl (C=O) groups is 2. The third-order valence-electron chi connectivity index (χ3n) is 3.38. The topological polar surface area (TPSA) is 52.0 Å². The van der Waals surface area contributed by atoms with Gasteiger partial charge in [-0.25, -0.2) is 4.98 Å². The number of carbonyl (C=O) groups excluding carboxylic acids is 2. The Kier molecular flexibility index (Phi) is 3.36. The fraction of sp³-hybridized carbons (Fsp3) is 0.118. The van der Waals surface area contributed by atoms with E-state index in [-0.39, 0.29) is 18.0 Å². The molecule has 0 aliphatic heterocycles. The molecule has 3 rings (SSSR count). The van der Waals surface area contributed by atoms with Crippen LogP contribution in [0.1, 0.15) is 27.3 Å². The highest BCUT2D eigenvalue weighted by molar-refractivity contribution is 6.13. The van der Waals surface area contributed by atoms with E-state index in [0.717, 1.165) is 10.8 Å². The molecule has 0 saturated heterocycles. The quantitative estimate of drug-likeness (QED) is 0.544. The van der Waals surface area contributed by atoms with Crippen LogP contribution >= 0.6 is 0 Å². The molecule has 0 aliphatic rings. The van der Waals surface area contributed by atoms with Gasteiger partial charge in [0.1, 0.15) is 5.69 Å². The van der Waals surface area contributed by atoms with Gasteiger partial charge in [-0.3, -0.25) is 9.59 Å². The summed E-state index contributed by atoms with van der Waals surface area (Å²) < 4.78 is 1.69. The zero-order valence-electron chi connectivity index (χ0n) is 11.6. The molecule has 0 fully saturated rings. The summed E-state index contributed by atoms with van der Waals surface area (Å²) in [5.41, 5.74) is 0.879. The lowest BCUT2D eigenvalue weighted by atomic mass is 10.0. The SMILES string of the molecule is Cn1cnc(C(=O)CC(=O)c2ccc3ccccc3c2)c1. The van der Waals surface area contributed by atoms with Crippen molar-refractivity contribution in [1.82, 2.24) is 9.55 Å². The van der Waals surface area contributed by atoms with E-state index in [2.05, 4.69) is 4.98 Å². The van der Waals surface area contributed by atoms with Gasteiger partial charge in [0.2, 0.25) is 0 Å². The van der Waals surface area contributed by atoms with Gasteiger partial charge in [-0.05, 0) is 16.8 Å². The summed E-state index contributed by atoms with van der Waals surface area (Å²) in [6.45, 7) is 0. The van der Waals surface area contributed by atoms with Crippen LogP contribution in [0.25, 0.3) is 10.8 Å². The molecule has 0 unspecified atom stereocenters. The minimum absolute atomic E-state index is 0.157. The first kappa shape index (κ1) is 13.2. The third kappa shape index (κ3) is 2.74. The van der Waals surface area contributed by atoms with Crippen LogP contribution in [0.5, 0.6) is 0 Å². The summed E-state index contributed by atoms with van der Waals surface area (Å²) in [5.74, 6) is -0.440. The van der Waals surface area contributed by atoms with Gasteiger partial charge in [0.05, 0.1) is 12.7 Å². The van der Waals surface area contributed by atoms with Crippen LogP contribution in [0.3, 0.4) is 0 Å². The fourth-order valence-electron chi connectivity index (χ4n) is 2.26. The van der Waals surface area contributed by atoms with Crippen LogP contribution in [0.2, 0.25) is 0 Å². The number of nitrogens with zero attached hydrogens (tertiary/aromatic N) is 2. The summed E-state index contributed by atoms with van der Waals surface area (Å²) in [5, 5.41) is 2.07. The molecule has 0 bridgehead atoms. The molecule has 0 atom stereocenters. The van der Waals surface area contributed by atoms with E-state index < -0.39 is 0 Å². The number of hydrogen-bond acceptors (Lipinski definition) is 3. The highest BCUT2D eigenvalue weighted by atomic mass is 16.1. The number of fused-ring (bicyclic) bond motifs is 1. The Bertz CT molecular complexity index is 833. The van der Waals surface area contributed by atoms with Gasteiger partial charge in [0.25, 0.3) is 0 Å². The van der Waals surface area contributed by atoms with Gasteiger partial charge in [0.15, 0.2) is 11.6 Å². The third-order valence-corrected chi connectivity index (χ3v) is 3.38. The molecule has 0 aliphatic carbocycles. The van der Waals surface area contributed by atoms with Crippen LogP contribution in [0.4, 0.5) is 0 Å². The fourth-order valence-corrected chi connectivity index (χ4v) is 2.26. The lowest BCUT2D eigenvalue weighted by Crippen LogP contribution is -2.09. The molecular formula is C17H14N2O2. The molecule has 1 heterocycles. The standard InChI is InChI=1S/C17H14N2O2/c1-19-10-15(18-11-19)17(21)9-16(20)14-7-6-12-4-2-3-5-13(12)8-14/h2-8,10-11H,9H2,1H3. The van der Waals surface area contributed by atoms with Crippen LogP contribution in [0.15, 0.2) is 55.0 Å². The molecule has 0 N–H and O–H groups in total. The maximum atomic E-state index is 12.2. The van der Waals surface area contributed by atoms with E-state index in [9.17, 15) is 9.59 Å². The number of ketones is 2. The lowest BCUT2D eigenvalue weighted by Gasteiger charge is -2.02. The average Bonchev–Trinajstić information content (AvgIpc) is 2.93. The molecule has 21 heavy (non-hydrogen) atoms. The molecule has 0 saturated carbocycles. The van der Waals surface area contributed by atoms with Gasteiger partial charge in [-0.15, -0.1) is 0 Å². The summed E-state index contributed by atoms with van der Waals surface area (Å²) in [4.78, 5) is 28.2. The van der Waals surface area contributed by atoms with Gasteiger partial charge in [-0.1, -0.05) is 36.4 Å². The first-order valence-electron chi connectivity index (χ1n) is 6.66. The maximum absolute atomic E-state index is 12.2. The Morgan fingerprint density at radius 1 is 1.05 bits per heavy atom. The summed E-state index contributed by atoms with van der Waals surface area (Å²) >= 11 is 0. The summed E-state index contributed by atoms with van der Waals surface area (Å²) in [6.07, 6.45) is 3.01. The molecule has 3 aromatic rings. The Balaban J connectivity index is 1.82. The molecule has 0 spiro atoms. The van der Waals surface area contributed by atoms with E-state index >= 15 is 0 Å². The van der Waals surface area contributed by atoms with E-state index in [1.54, 1.807) is 30.2 Å². The van der Waals surface area contributed by atoms with Gasteiger partial charge in [0, 0.05) is 18.8 Å². The van der Waals surface area contributed by atoms with Crippen molar-refractivity contribution < 1.29 is 9.59 Å². The second-order valence-electron chi connectivity index (χ2n) is 5.01. The number of Topliss-reactive ketones (excluding diaryl/α,β-unsaturated/α-hetero) is 2. The van der Waals surface area contributed by atoms with Crippen LogP contribution in [-0.4, -0.2) is 21.1 Å². The number of rotatable bonds is 4. The van der Waals surface area contributed by atoms with E-state index in [0.29, 0.717) is 11.3 Å². The number of aromatic nitrogens is 2. The molecule has 2 aromatic carbocycles. The van der Waals surface area contributed by atoms with Gasteiger partial charge >= 0.3 is 0 Å². The lowest BCUT2D eigenvalue weighted by molar-refractivity contribution is 0.0891. The van der Waals surface area contributed by atoms with Crippen molar-refractivity contribution in [2.24, 2.45) is 7.05 Å².